The number of rotatable bonds is 6. The van der Waals surface area contributed by atoms with Crippen LogP contribution in [0.4, 0.5) is 0 Å². The third-order valence-corrected chi connectivity index (χ3v) is 3.64. The molecule has 2 N–H and O–H groups in total. The molecule has 1 aliphatic heterocycles. The number of nitrogens with zero attached hydrogens (tertiary/aromatic N) is 2. The van der Waals surface area contributed by atoms with E-state index in [9.17, 15) is 0 Å². The number of halogens is 1. The second-order valence-corrected chi connectivity index (χ2v) is 5.61. The van der Waals surface area contributed by atoms with Gasteiger partial charge in [-0.2, -0.15) is 0 Å². The Bertz CT molecular complexity index is 288. The molecule has 1 saturated heterocycles. The lowest BCUT2D eigenvalue weighted by atomic mass is 10.4. The molecule has 0 unspecified atom stereocenters. The second-order valence-electron chi connectivity index (χ2n) is 4.44. The van der Waals surface area contributed by atoms with Crippen molar-refractivity contribution in [2.24, 2.45) is 0 Å². The first-order chi connectivity index (χ1) is 8.63. The van der Waals surface area contributed by atoms with Crippen molar-refractivity contribution >= 4 is 28.5 Å². The van der Waals surface area contributed by atoms with Crippen molar-refractivity contribution < 1.29 is 4.74 Å². The standard InChI is InChI=1S/C12H23IN4O/c1-3-4-9-18-12(14)11(13)10-15-17-7-5-16(2)6-8-17/h10,14-15H,3-9H2,1-2H3/b11-10+,14-12?. The summed E-state index contributed by atoms with van der Waals surface area (Å²) in [4.78, 5) is 2.31. The van der Waals surface area contributed by atoms with Gasteiger partial charge in [-0.1, -0.05) is 13.3 Å². The van der Waals surface area contributed by atoms with Crippen molar-refractivity contribution in [1.82, 2.24) is 15.3 Å². The van der Waals surface area contributed by atoms with Gasteiger partial charge in [-0.25, -0.2) is 5.01 Å². The number of unbranched alkanes of at least 4 members (excludes halogenated alkanes) is 1. The lowest BCUT2D eigenvalue weighted by Crippen LogP contribution is -2.49. The van der Waals surface area contributed by atoms with Crippen molar-refractivity contribution in [2.45, 2.75) is 19.8 Å². The Morgan fingerprint density at radius 2 is 2.06 bits per heavy atom. The van der Waals surface area contributed by atoms with Crippen LogP contribution in [0, 0.1) is 5.41 Å². The highest BCUT2D eigenvalue weighted by Crippen LogP contribution is 2.08. The van der Waals surface area contributed by atoms with Crippen LogP contribution in [0.3, 0.4) is 0 Å². The number of hydrogen-bond acceptors (Lipinski definition) is 5. The predicted octanol–water partition coefficient (Wildman–Crippen LogP) is 1.81. The molecule has 0 aromatic rings. The van der Waals surface area contributed by atoms with Crippen LogP contribution in [-0.2, 0) is 4.74 Å². The number of likely N-dealkylation sites (N-methyl/N-ethyl adjacent to an activating group) is 1. The Balaban J connectivity index is 2.25. The fraction of sp³-hybridized carbons (Fsp3) is 0.750. The molecule has 104 valence electrons. The summed E-state index contributed by atoms with van der Waals surface area (Å²) in [5.41, 5.74) is 3.23. The summed E-state index contributed by atoms with van der Waals surface area (Å²) >= 11 is 2.13. The maximum atomic E-state index is 7.76. The molecule has 1 fully saturated rings. The van der Waals surface area contributed by atoms with Gasteiger partial charge in [-0.3, -0.25) is 5.41 Å². The number of hydrogen-bond donors (Lipinski definition) is 2. The van der Waals surface area contributed by atoms with Gasteiger partial charge in [0, 0.05) is 32.4 Å². The fourth-order valence-electron chi connectivity index (χ4n) is 1.54. The van der Waals surface area contributed by atoms with Gasteiger partial charge in [0.15, 0.2) is 0 Å². The van der Waals surface area contributed by atoms with E-state index in [0.29, 0.717) is 6.61 Å². The quantitative estimate of drug-likeness (QED) is 0.326. The van der Waals surface area contributed by atoms with Crippen LogP contribution in [-0.4, -0.2) is 55.6 Å². The summed E-state index contributed by atoms with van der Waals surface area (Å²) in [6.45, 7) is 6.89. The molecule has 0 aliphatic carbocycles. The Morgan fingerprint density at radius 1 is 1.39 bits per heavy atom. The number of ether oxygens (including phenoxy) is 1. The monoisotopic (exact) mass is 366 g/mol. The minimum atomic E-state index is 0.255. The van der Waals surface area contributed by atoms with E-state index in [1.807, 2.05) is 6.20 Å². The SMILES string of the molecule is CCCCOC(=N)/C(I)=C\NN1CCN(C)CC1. The Labute approximate surface area is 123 Å². The van der Waals surface area contributed by atoms with Crippen molar-refractivity contribution in [1.29, 1.82) is 5.41 Å². The van der Waals surface area contributed by atoms with Gasteiger partial charge >= 0.3 is 0 Å². The zero-order valence-corrected chi connectivity index (χ0v) is 13.4. The van der Waals surface area contributed by atoms with E-state index in [4.69, 9.17) is 10.1 Å². The van der Waals surface area contributed by atoms with E-state index < -0.39 is 0 Å². The molecule has 0 atom stereocenters. The van der Waals surface area contributed by atoms with E-state index in [-0.39, 0.29) is 5.90 Å². The Morgan fingerprint density at radius 3 is 2.67 bits per heavy atom. The summed E-state index contributed by atoms with van der Waals surface area (Å²) in [6.07, 6.45) is 3.94. The van der Waals surface area contributed by atoms with E-state index >= 15 is 0 Å². The molecule has 0 saturated carbocycles. The lowest BCUT2D eigenvalue weighted by Gasteiger charge is -2.32. The maximum Gasteiger partial charge on any atom is 0.221 e. The van der Waals surface area contributed by atoms with Crippen LogP contribution in [0.2, 0.25) is 0 Å². The zero-order chi connectivity index (χ0) is 13.4. The molecular formula is C12H23IN4O. The van der Waals surface area contributed by atoms with Gasteiger partial charge < -0.3 is 15.1 Å². The first-order valence-electron chi connectivity index (χ1n) is 6.40. The van der Waals surface area contributed by atoms with Gasteiger partial charge in [-0.05, 0) is 36.1 Å². The number of hydrazine groups is 1. The van der Waals surface area contributed by atoms with Crippen LogP contribution in [0.5, 0.6) is 0 Å². The third kappa shape index (κ3) is 6.01. The summed E-state index contributed by atoms with van der Waals surface area (Å²) in [5.74, 6) is 0.255. The van der Waals surface area contributed by atoms with Crippen molar-refractivity contribution in [2.75, 3.05) is 39.8 Å². The average Bonchev–Trinajstić information content (AvgIpc) is 2.38. The Hall–Kier alpha value is -0.340. The van der Waals surface area contributed by atoms with Crippen molar-refractivity contribution in [3.63, 3.8) is 0 Å². The first kappa shape index (κ1) is 15.7. The molecule has 1 heterocycles. The van der Waals surface area contributed by atoms with Gasteiger partial charge in [0.05, 0.1) is 10.2 Å². The van der Waals surface area contributed by atoms with Crippen LogP contribution >= 0.6 is 22.6 Å². The normalized spacial score (nSPS) is 18.7. The van der Waals surface area contributed by atoms with E-state index in [1.54, 1.807) is 0 Å². The van der Waals surface area contributed by atoms with E-state index in [2.05, 4.69) is 51.9 Å². The number of nitrogens with one attached hydrogen (secondary N) is 2. The summed E-state index contributed by atoms with van der Waals surface area (Å²) in [7, 11) is 2.13. The molecule has 6 heteroatoms. The minimum Gasteiger partial charge on any atom is -0.477 e. The molecular weight excluding hydrogens is 343 g/mol. The molecule has 0 radical (unpaired) electrons. The fourth-order valence-corrected chi connectivity index (χ4v) is 1.83. The summed E-state index contributed by atoms with van der Waals surface area (Å²) in [6, 6.07) is 0. The van der Waals surface area contributed by atoms with Crippen LogP contribution < -0.4 is 5.43 Å². The van der Waals surface area contributed by atoms with Gasteiger partial charge in [-0.15, -0.1) is 0 Å². The average molecular weight is 366 g/mol. The van der Waals surface area contributed by atoms with Crippen molar-refractivity contribution in [3.05, 3.63) is 9.78 Å². The molecule has 5 nitrogen and oxygen atoms in total. The minimum absolute atomic E-state index is 0.255. The molecule has 1 aliphatic rings. The van der Waals surface area contributed by atoms with Crippen LogP contribution in [0.25, 0.3) is 0 Å². The maximum absolute atomic E-state index is 7.76. The number of piperazine rings is 1. The lowest BCUT2D eigenvalue weighted by molar-refractivity contribution is 0.123. The molecule has 0 spiro atoms. The van der Waals surface area contributed by atoms with Gasteiger partial charge in [0.25, 0.3) is 0 Å². The summed E-state index contributed by atoms with van der Waals surface area (Å²) < 4.78 is 6.15. The highest BCUT2D eigenvalue weighted by atomic mass is 127. The highest BCUT2D eigenvalue weighted by Gasteiger charge is 2.12. The molecule has 0 aromatic carbocycles. The largest absolute Gasteiger partial charge is 0.477 e. The van der Waals surface area contributed by atoms with Crippen LogP contribution in [0.1, 0.15) is 19.8 Å². The van der Waals surface area contributed by atoms with Gasteiger partial charge in [0.2, 0.25) is 5.90 Å². The first-order valence-corrected chi connectivity index (χ1v) is 7.48. The second kappa shape index (κ2) is 8.71. The smallest absolute Gasteiger partial charge is 0.221 e. The Kier molecular flexibility index (Phi) is 7.60. The molecule has 0 bridgehead atoms. The van der Waals surface area contributed by atoms with Crippen molar-refractivity contribution in [3.8, 4) is 0 Å². The highest BCUT2D eigenvalue weighted by molar-refractivity contribution is 14.1. The van der Waals surface area contributed by atoms with Crippen LogP contribution in [0.15, 0.2) is 9.78 Å². The third-order valence-electron chi connectivity index (χ3n) is 2.84. The molecule has 18 heavy (non-hydrogen) atoms. The predicted molar refractivity (Wildman–Crippen MR) is 82.9 cm³/mol. The summed E-state index contributed by atoms with van der Waals surface area (Å²) in [5, 5.41) is 9.92. The van der Waals surface area contributed by atoms with Gasteiger partial charge in [0.1, 0.15) is 0 Å². The van der Waals surface area contributed by atoms with E-state index in [0.717, 1.165) is 42.6 Å². The van der Waals surface area contributed by atoms with E-state index in [1.165, 1.54) is 0 Å². The molecule has 1 rings (SSSR count). The zero-order valence-electron chi connectivity index (χ0n) is 11.2. The topological polar surface area (TPSA) is 51.6 Å². The molecule has 0 aromatic heterocycles. The molecule has 0 amide bonds.